The van der Waals surface area contributed by atoms with Crippen LogP contribution in [0.2, 0.25) is 10.0 Å². The molecule has 3 rings (SSSR count). The first kappa shape index (κ1) is 17.3. The van der Waals surface area contributed by atoms with Gasteiger partial charge >= 0.3 is 0 Å². The van der Waals surface area contributed by atoms with Crippen molar-refractivity contribution in [2.75, 3.05) is 0 Å². The number of hydrogen-bond donors (Lipinski definition) is 0. The van der Waals surface area contributed by atoms with Gasteiger partial charge in [0.05, 0.1) is 10.0 Å². The zero-order valence-corrected chi connectivity index (χ0v) is 15.2. The van der Waals surface area contributed by atoms with Gasteiger partial charge in [-0.25, -0.2) is 4.39 Å². The van der Waals surface area contributed by atoms with Gasteiger partial charge in [-0.3, -0.25) is 0 Å². The summed E-state index contributed by atoms with van der Waals surface area (Å²) in [5.41, 5.74) is 1.90. The zero-order chi connectivity index (χ0) is 17.1. The van der Waals surface area contributed by atoms with E-state index in [0.717, 1.165) is 28.7 Å². The monoisotopic (exact) mass is 381 g/mol. The number of nitrogens with zero attached hydrogens (tertiary/aromatic N) is 3. The molecule has 0 saturated carbocycles. The molecule has 0 aliphatic carbocycles. The molecule has 0 aliphatic rings. The summed E-state index contributed by atoms with van der Waals surface area (Å²) in [5.74, 6) is 1.21. The maximum Gasteiger partial charge on any atom is 0.191 e. The average Bonchev–Trinajstić information content (AvgIpc) is 3.00. The molecule has 1 heterocycles. The number of benzene rings is 2. The van der Waals surface area contributed by atoms with E-state index in [0.29, 0.717) is 15.8 Å². The summed E-state index contributed by atoms with van der Waals surface area (Å²) in [6.07, 6.45) is 0. The molecule has 7 heteroatoms. The van der Waals surface area contributed by atoms with E-state index in [1.807, 2.05) is 17.6 Å². The van der Waals surface area contributed by atoms with Crippen LogP contribution in [-0.2, 0) is 12.3 Å². The Labute approximate surface area is 153 Å². The van der Waals surface area contributed by atoms with Crippen LogP contribution in [0.3, 0.4) is 0 Å². The molecule has 0 radical (unpaired) electrons. The number of hydrogen-bond acceptors (Lipinski definition) is 3. The summed E-state index contributed by atoms with van der Waals surface area (Å²) in [6, 6.07) is 11.9. The fraction of sp³-hybridized carbons (Fsp3) is 0.176. The highest BCUT2D eigenvalue weighted by molar-refractivity contribution is 7.98. The highest BCUT2D eigenvalue weighted by Crippen LogP contribution is 2.30. The molecule has 0 atom stereocenters. The third kappa shape index (κ3) is 3.74. The average molecular weight is 382 g/mol. The van der Waals surface area contributed by atoms with Gasteiger partial charge in [-0.2, -0.15) is 0 Å². The maximum atomic E-state index is 13.0. The van der Waals surface area contributed by atoms with E-state index in [1.54, 1.807) is 36.0 Å². The van der Waals surface area contributed by atoms with E-state index in [1.165, 1.54) is 12.1 Å². The van der Waals surface area contributed by atoms with Crippen molar-refractivity contribution in [3.05, 3.63) is 63.9 Å². The van der Waals surface area contributed by atoms with Crippen LogP contribution >= 0.6 is 35.0 Å². The molecule has 0 saturated heterocycles. The summed E-state index contributed by atoms with van der Waals surface area (Å²) in [6.45, 7) is 2.76. The van der Waals surface area contributed by atoms with Gasteiger partial charge in [-0.1, -0.05) is 47.1 Å². The van der Waals surface area contributed by atoms with E-state index in [-0.39, 0.29) is 5.82 Å². The Balaban J connectivity index is 1.83. The van der Waals surface area contributed by atoms with Crippen molar-refractivity contribution in [3.8, 4) is 11.4 Å². The molecular formula is C17H14Cl2FN3S. The lowest BCUT2D eigenvalue weighted by molar-refractivity contribution is 0.627. The van der Waals surface area contributed by atoms with E-state index in [4.69, 9.17) is 23.2 Å². The lowest BCUT2D eigenvalue weighted by atomic mass is 10.2. The minimum Gasteiger partial charge on any atom is -0.302 e. The minimum atomic E-state index is -0.234. The van der Waals surface area contributed by atoms with Crippen LogP contribution in [0, 0.1) is 5.82 Å². The van der Waals surface area contributed by atoms with Crippen LogP contribution in [0.25, 0.3) is 11.4 Å². The van der Waals surface area contributed by atoms with Crippen molar-refractivity contribution in [1.82, 2.24) is 14.8 Å². The second-order valence-electron chi connectivity index (χ2n) is 5.09. The summed E-state index contributed by atoms with van der Waals surface area (Å²) in [4.78, 5) is 0. The summed E-state index contributed by atoms with van der Waals surface area (Å²) in [5, 5.41) is 10.4. The van der Waals surface area contributed by atoms with Gasteiger partial charge in [0.1, 0.15) is 5.82 Å². The second-order valence-corrected chi connectivity index (χ2v) is 6.85. The smallest absolute Gasteiger partial charge is 0.191 e. The molecule has 124 valence electrons. The Hall–Kier alpha value is -1.56. The molecule has 2 aromatic carbocycles. The van der Waals surface area contributed by atoms with Crippen LogP contribution in [0.1, 0.15) is 12.5 Å². The lowest BCUT2D eigenvalue weighted by Crippen LogP contribution is -2.00. The standard InChI is InChI=1S/C17H14Cl2FN3S/c1-2-23-16(12-5-8-14(18)15(19)9-12)21-22-17(23)24-10-11-3-6-13(20)7-4-11/h3-9H,2,10H2,1H3. The van der Waals surface area contributed by atoms with Crippen LogP contribution in [0.4, 0.5) is 4.39 Å². The predicted octanol–water partition coefficient (Wildman–Crippen LogP) is 5.70. The predicted molar refractivity (Wildman–Crippen MR) is 97.1 cm³/mol. The van der Waals surface area contributed by atoms with Crippen LogP contribution in [0.15, 0.2) is 47.6 Å². The molecule has 24 heavy (non-hydrogen) atoms. The molecule has 0 spiro atoms. The summed E-state index contributed by atoms with van der Waals surface area (Å²) in [7, 11) is 0. The first-order chi connectivity index (χ1) is 11.6. The molecule has 0 unspecified atom stereocenters. The molecule has 0 fully saturated rings. The topological polar surface area (TPSA) is 30.7 Å². The van der Waals surface area contributed by atoms with Gasteiger partial charge in [-0.15, -0.1) is 10.2 Å². The van der Waals surface area contributed by atoms with Crippen molar-refractivity contribution >= 4 is 35.0 Å². The molecule has 0 amide bonds. The fourth-order valence-corrected chi connectivity index (χ4v) is 3.51. The molecule has 0 bridgehead atoms. The Morgan fingerprint density at radius 1 is 1.04 bits per heavy atom. The quantitative estimate of drug-likeness (QED) is 0.530. The first-order valence-corrected chi connectivity index (χ1v) is 9.08. The molecule has 3 aromatic rings. The molecular weight excluding hydrogens is 368 g/mol. The largest absolute Gasteiger partial charge is 0.302 e. The minimum absolute atomic E-state index is 0.234. The van der Waals surface area contributed by atoms with Gasteiger partial charge in [0.25, 0.3) is 0 Å². The first-order valence-electron chi connectivity index (χ1n) is 7.34. The molecule has 3 nitrogen and oxygen atoms in total. The van der Waals surface area contributed by atoms with Crippen molar-refractivity contribution in [2.24, 2.45) is 0 Å². The van der Waals surface area contributed by atoms with E-state index in [9.17, 15) is 4.39 Å². The van der Waals surface area contributed by atoms with Gasteiger partial charge in [0.2, 0.25) is 0 Å². The highest BCUT2D eigenvalue weighted by Gasteiger charge is 2.14. The third-order valence-electron chi connectivity index (χ3n) is 3.49. The molecule has 0 aliphatic heterocycles. The normalized spacial score (nSPS) is 11.0. The second kappa shape index (κ2) is 7.55. The van der Waals surface area contributed by atoms with E-state index in [2.05, 4.69) is 10.2 Å². The van der Waals surface area contributed by atoms with Gasteiger partial charge in [0, 0.05) is 17.9 Å². The molecule has 1 aromatic heterocycles. The highest BCUT2D eigenvalue weighted by atomic mass is 35.5. The van der Waals surface area contributed by atoms with Crippen molar-refractivity contribution in [1.29, 1.82) is 0 Å². The number of rotatable bonds is 5. The molecule has 0 N–H and O–H groups in total. The number of thioether (sulfide) groups is 1. The Morgan fingerprint density at radius 3 is 2.46 bits per heavy atom. The summed E-state index contributed by atoms with van der Waals surface area (Å²) >= 11 is 13.6. The SMILES string of the molecule is CCn1c(SCc2ccc(F)cc2)nnc1-c1ccc(Cl)c(Cl)c1. The van der Waals surface area contributed by atoms with Crippen LogP contribution in [-0.4, -0.2) is 14.8 Å². The van der Waals surface area contributed by atoms with E-state index >= 15 is 0 Å². The third-order valence-corrected chi connectivity index (χ3v) is 5.27. The van der Waals surface area contributed by atoms with Crippen LogP contribution in [0.5, 0.6) is 0 Å². The Morgan fingerprint density at radius 2 is 1.79 bits per heavy atom. The number of aromatic nitrogens is 3. The van der Waals surface area contributed by atoms with Gasteiger partial charge in [0.15, 0.2) is 11.0 Å². The Bertz CT molecular complexity index is 850. The Kier molecular flexibility index (Phi) is 5.43. The van der Waals surface area contributed by atoms with Crippen molar-refractivity contribution in [2.45, 2.75) is 24.4 Å². The maximum absolute atomic E-state index is 13.0. The van der Waals surface area contributed by atoms with Gasteiger partial charge < -0.3 is 4.57 Å². The fourth-order valence-electron chi connectivity index (χ4n) is 2.26. The summed E-state index contributed by atoms with van der Waals surface area (Å²) < 4.78 is 15.0. The van der Waals surface area contributed by atoms with Crippen molar-refractivity contribution < 1.29 is 4.39 Å². The lowest BCUT2D eigenvalue weighted by Gasteiger charge is -2.08. The van der Waals surface area contributed by atoms with Gasteiger partial charge in [-0.05, 0) is 42.8 Å². The van der Waals surface area contributed by atoms with Crippen molar-refractivity contribution in [3.63, 3.8) is 0 Å². The van der Waals surface area contributed by atoms with E-state index < -0.39 is 0 Å². The van der Waals surface area contributed by atoms with Crippen LogP contribution < -0.4 is 0 Å². The number of halogens is 3. The zero-order valence-electron chi connectivity index (χ0n) is 12.8.